The average molecular weight is 267 g/mol. The third kappa shape index (κ3) is 2.33. The molecule has 0 atom stereocenters. The van der Waals surface area contributed by atoms with Crippen molar-refractivity contribution in [2.45, 2.75) is 0 Å². The lowest BCUT2D eigenvalue weighted by molar-refractivity contribution is 0.408. The maximum Gasteiger partial charge on any atom is 0.231 e. The summed E-state index contributed by atoms with van der Waals surface area (Å²) >= 11 is 0. The van der Waals surface area contributed by atoms with E-state index >= 15 is 0 Å². The number of ether oxygens (including phenoxy) is 2. The summed E-state index contributed by atoms with van der Waals surface area (Å²) in [5.74, 6) is 1.96. The molecule has 1 aromatic heterocycles. The van der Waals surface area contributed by atoms with Crippen molar-refractivity contribution in [2.24, 2.45) is 0 Å². The summed E-state index contributed by atoms with van der Waals surface area (Å²) < 4.78 is 11.0. The van der Waals surface area contributed by atoms with Gasteiger partial charge >= 0.3 is 0 Å². The topological polar surface area (TPSA) is 70.3 Å². The summed E-state index contributed by atoms with van der Waals surface area (Å²) in [4.78, 5) is 8.33. The van der Waals surface area contributed by atoms with Crippen LogP contribution in [0.4, 0.5) is 5.95 Å². The SMILES string of the molecule is COc1cccc(Oc2nc(N)nc3ccccc23)c1. The lowest BCUT2D eigenvalue weighted by Crippen LogP contribution is -1.98. The Morgan fingerprint density at radius 3 is 2.60 bits per heavy atom. The Morgan fingerprint density at radius 1 is 0.950 bits per heavy atom. The van der Waals surface area contributed by atoms with Gasteiger partial charge in [-0.3, -0.25) is 0 Å². The van der Waals surface area contributed by atoms with Crippen molar-refractivity contribution in [1.29, 1.82) is 0 Å². The highest BCUT2D eigenvalue weighted by molar-refractivity contribution is 5.84. The number of nitrogens with two attached hydrogens (primary N) is 1. The minimum Gasteiger partial charge on any atom is -0.497 e. The van der Waals surface area contributed by atoms with Gasteiger partial charge in [0.25, 0.3) is 0 Å². The van der Waals surface area contributed by atoms with Crippen LogP contribution in [0.1, 0.15) is 0 Å². The van der Waals surface area contributed by atoms with Gasteiger partial charge in [0, 0.05) is 6.07 Å². The predicted octanol–water partition coefficient (Wildman–Crippen LogP) is 3.01. The van der Waals surface area contributed by atoms with E-state index in [1.54, 1.807) is 13.2 Å². The number of hydrogen-bond acceptors (Lipinski definition) is 5. The number of nitrogen functional groups attached to an aromatic ring is 1. The van der Waals surface area contributed by atoms with Crippen LogP contribution in [0.5, 0.6) is 17.4 Å². The van der Waals surface area contributed by atoms with E-state index in [2.05, 4.69) is 9.97 Å². The minimum atomic E-state index is 0.182. The molecule has 5 heteroatoms. The van der Waals surface area contributed by atoms with Gasteiger partial charge in [-0.1, -0.05) is 18.2 Å². The fourth-order valence-corrected chi connectivity index (χ4v) is 1.92. The van der Waals surface area contributed by atoms with E-state index in [9.17, 15) is 0 Å². The summed E-state index contributed by atoms with van der Waals surface area (Å²) in [7, 11) is 1.61. The second-order valence-electron chi connectivity index (χ2n) is 4.19. The minimum absolute atomic E-state index is 0.182. The van der Waals surface area contributed by atoms with E-state index in [1.165, 1.54) is 0 Å². The molecule has 0 saturated carbocycles. The predicted molar refractivity (Wildman–Crippen MR) is 77.0 cm³/mol. The van der Waals surface area contributed by atoms with Gasteiger partial charge in [0.05, 0.1) is 18.0 Å². The Morgan fingerprint density at radius 2 is 1.75 bits per heavy atom. The zero-order valence-corrected chi connectivity index (χ0v) is 10.9. The van der Waals surface area contributed by atoms with Crippen LogP contribution in [0.25, 0.3) is 10.9 Å². The molecule has 0 aliphatic rings. The van der Waals surface area contributed by atoms with Crippen molar-refractivity contribution in [1.82, 2.24) is 9.97 Å². The van der Waals surface area contributed by atoms with Crippen LogP contribution in [0.3, 0.4) is 0 Å². The lowest BCUT2D eigenvalue weighted by atomic mass is 10.2. The van der Waals surface area contributed by atoms with Gasteiger partial charge in [0.2, 0.25) is 11.8 Å². The van der Waals surface area contributed by atoms with Crippen LogP contribution < -0.4 is 15.2 Å². The molecular weight excluding hydrogens is 254 g/mol. The number of rotatable bonds is 3. The number of anilines is 1. The largest absolute Gasteiger partial charge is 0.497 e. The molecule has 1 heterocycles. The number of hydrogen-bond donors (Lipinski definition) is 1. The van der Waals surface area contributed by atoms with Crippen LogP contribution in [0.2, 0.25) is 0 Å². The van der Waals surface area contributed by atoms with Crippen LogP contribution in [-0.2, 0) is 0 Å². The van der Waals surface area contributed by atoms with Crippen LogP contribution in [-0.4, -0.2) is 17.1 Å². The Balaban J connectivity index is 2.05. The molecule has 3 aromatic rings. The summed E-state index contributed by atoms with van der Waals surface area (Å²) in [5.41, 5.74) is 6.46. The lowest BCUT2D eigenvalue weighted by Gasteiger charge is -2.09. The first-order chi connectivity index (χ1) is 9.76. The van der Waals surface area contributed by atoms with E-state index in [0.29, 0.717) is 17.4 Å². The number of fused-ring (bicyclic) bond motifs is 1. The Kier molecular flexibility index (Phi) is 3.09. The molecule has 2 aromatic carbocycles. The van der Waals surface area contributed by atoms with Gasteiger partial charge in [0.15, 0.2) is 0 Å². The third-order valence-electron chi connectivity index (χ3n) is 2.84. The van der Waals surface area contributed by atoms with Gasteiger partial charge < -0.3 is 15.2 Å². The first kappa shape index (κ1) is 12.2. The smallest absolute Gasteiger partial charge is 0.231 e. The number of aromatic nitrogens is 2. The van der Waals surface area contributed by atoms with Gasteiger partial charge in [0.1, 0.15) is 11.5 Å². The molecule has 0 bridgehead atoms. The first-order valence-corrected chi connectivity index (χ1v) is 6.10. The standard InChI is InChI=1S/C15H13N3O2/c1-19-10-5-4-6-11(9-10)20-14-12-7-2-3-8-13(12)17-15(16)18-14/h2-9H,1H3,(H2,16,17,18). The van der Waals surface area contributed by atoms with Gasteiger partial charge in [-0.25, -0.2) is 4.98 Å². The van der Waals surface area contributed by atoms with Crippen molar-refractivity contribution in [3.05, 3.63) is 48.5 Å². The molecule has 0 aliphatic carbocycles. The fourth-order valence-electron chi connectivity index (χ4n) is 1.92. The second-order valence-corrected chi connectivity index (χ2v) is 4.19. The molecule has 20 heavy (non-hydrogen) atoms. The monoisotopic (exact) mass is 267 g/mol. The average Bonchev–Trinajstić information content (AvgIpc) is 2.47. The van der Waals surface area contributed by atoms with Gasteiger partial charge in [-0.2, -0.15) is 4.98 Å². The maximum atomic E-state index is 5.80. The van der Waals surface area contributed by atoms with E-state index in [1.807, 2.05) is 42.5 Å². The Bertz CT molecular complexity index is 759. The summed E-state index contributed by atoms with van der Waals surface area (Å²) in [6.07, 6.45) is 0. The van der Waals surface area contributed by atoms with Crippen LogP contribution in [0.15, 0.2) is 48.5 Å². The molecule has 5 nitrogen and oxygen atoms in total. The number of methoxy groups -OCH3 is 1. The van der Waals surface area contributed by atoms with Gasteiger partial charge in [-0.15, -0.1) is 0 Å². The molecule has 0 spiro atoms. The molecule has 0 amide bonds. The third-order valence-corrected chi connectivity index (χ3v) is 2.84. The van der Waals surface area contributed by atoms with E-state index < -0.39 is 0 Å². The normalized spacial score (nSPS) is 10.4. The number of nitrogens with zero attached hydrogens (tertiary/aromatic N) is 2. The highest BCUT2D eigenvalue weighted by atomic mass is 16.5. The van der Waals surface area contributed by atoms with E-state index in [-0.39, 0.29) is 5.95 Å². The molecule has 0 saturated heterocycles. The maximum absolute atomic E-state index is 5.80. The van der Waals surface area contributed by atoms with Crippen LogP contribution in [0, 0.1) is 0 Å². The highest BCUT2D eigenvalue weighted by Crippen LogP contribution is 2.29. The van der Waals surface area contributed by atoms with Crippen molar-refractivity contribution < 1.29 is 9.47 Å². The summed E-state index contributed by atoms with van der Waals surface area (Å²) in [5, 5.41) is 0.810. The number of benzene rings is 2. The van der Waals surface area contributed by atoms with Gasteiger partial charge in [-0.05, 0) is 24.3 Å². The fraction of sp³-hybridized carbons (Fsp3) is 0.0667. The molecule has 3 rings (SSSR count). The highest BCUT2D eigenvalue weighted by Gasteiger charge is 2.08. The molecular formula is C15H13N3O2. The van der Waals surface area contributed by atoms with E-state index in [0.717, 1.165) is 10.9 Å². The quantitative estimate of drug-likeness (QED) is 0.789. The molecule has 0 unspecified atom stereocenters. The summed E-state index contributed by atoms with van der Waals surface area (Å²) in [6, 6.07) is 14.9. The zero-order chi connectivity index (χ0) is 13.9. The number of para-hydroxylation sites is 1. The molecule has 0 fully saturated rings. The molecule has 2 N–H and O–H groups in total. The molecule has 0 aliphatic heterocycles. The zero-order valence-electron chi connectivity index (χ0n) is 10.9. The second kappa shape index (κ2) is 5.05. The van der Waals surface area contributed by atoms with Crippen molar-refractivity contribution in [3.8, 4) is 17.4 Å². The van der Waals surface area contributed by atoms with Crippen molar-refractivity contribution in [3.63, 3.8) is 0 Å². The first-order valence-electron chi connectivity index (χ1n) is 6.10. The summed E-state index contributed by atoms with van der Waals surface area (Å²) in [6.45, 7) is 0. The van der Waals surface area contributed by atoms with Crippen molar-refractivity contribution >= 4 is 16.9 Å². The molecule has 0 radical (unpaired) electrons. The van der Waals surface area contributed by atoms with E-state index in [4.69, 9.17) is 15.2 Å². The van der Waals surface area contributed by atoms with Crippen LogP contribution >= 0.6 is 0 Å². The Labute approximate surface area is 116 Å². The molecule has 100 valence electrons. The van der Waals surface area contributed by atoms with Crippen molar-refractivity contribution in [2.75, 3.05) is 12.8 Å². The Hall–Kier alpha value is -2.82.